The van der Waals surface area contributed by atoms with Crippen molar-refractivity contribution in [3.8, 4) is 0 Å². The largest absolute Gasteiger partial charge is 0.293 e. The van der Waals surface area contributed by atoms with Gasteiger partial charge >= 0.3 is 0 Å². The number of sulfone groups is 1. The fourth-order valence-electron chi connectivity index (χ4n) is 1.47. The average Bonchev–Trinajstić information content (AvgIpc) is 2.26. The zero-order chi connectivity index (χ0) is 14.1. The van der Waals surface area contributed by atoms with Crippen molar-refractivity contribution >= 4 is 38.8 Å². The van der Waals surface area contributed by atoms with Crippen LogP contribution in [0.5, 0.6) is 0 Å². The van der Waals surface area contributed by atoms with Crippen LogP contribution < -0.4 is 0 Å². The highest BCUT2D eigenvalue weighted by atomic mass is 35.5. The van der Waals surface area contributed by atoms with Crippen LogP contribution in [-0.4, -0.2) is 24.7 Å². The van der Waals surface area contributed by atoms with E-state index in [1.165, 1.54) is 25.1 Å². The molecule has 1 aromatic carbocycles. The summed E-state index contributed by atoms with van der Waals surface area (Å²) < 4.78 is 23.9. The lowest BCUT2D eigenvalue weighted by Crippen LogP contribution is -2.33. The van der Waals surface area contributed by atoms with Gasteiger partial charge in [-0.05, 0) is 39.0 Å². The van der Waals surface area contributed by atoms with Gasteiger partial charge in [0.1, 0.15) is 5.25 Å². The summed E-state index contributed by atoms with van der Waals surface area (Å²) in [6.07, 6.45) is 0. The molecule has 0 fully saturated rings. The summed E-state index contributed by atoms with van der Waals surface area (Å²) in [7, 11) is -3.49. The molecule has 0 spiro atoms. The van der Waals surface area contributed by atoms with Crippen molar-refractivity contribution in [1.82, 2.24) is 0 Å². The van der Waals surface area contributed by atoms with Gasteiger partial charge in [-0.3, -0.25) is 4.79 Å². The van der Waals surface area contributed by atoms with Crippen LogP contribution in [0.1, 0.15) is 31.1 Å². The number of Topliss-reactive ketones (excluding diaryl/α,β-unsaturated/α-hetero) is 1. The van der Waals surface area contributed by atoms with E-state index in [0.717, 1.165) is 0 Å². The monoisotopic (exact) mass is 308 g/mol. The van der Waals surface area contributed by atoms with Crippen LogP contribution in [0.15, 0.2) is 18.2 Å². The van der Waals surface area contributed by atoms with E-state index in [1.54, 1.807) is 13.8 Å². The molecule has 100 valence electrons. The lowest BCUT2D eigenvalue weighted by Gasteiger charge is -2.15. The zero-order valence-electron chi connectivity index (χ0n) is 10.3. The third-order valence-corrected chi connectivity index (χ3v) is 5.78. The Morgan fingerprint density at radius 3 is 2.17 bits per heavy atom. The minimum atomic E-state index is -3.49. The maximum Gasteiger partial charge on any atom is 0.182 e. The highest BCUT2D eigenvalue weighted by Gasteiger charge is 2.32. The molecule has 0 saturated carbocycles. The predicted octanol–water partition coefficient (Wildman–Crippen LogP) is 3.39. The summed E-state index contributed by atoms with van der Waals surface area (Å²) in [6, 6.07) is 4.37. The van der Waals surface area contributed by atoms with Crippen molar-refractivity contribution in [2.75, 3.05) is 0 Å². The first-order valence-electron chi connectivity index (χ1n) is 5.40. The molecule has 1 unspecified atom stereocenters. The van der Waals surface area contributed by atoms with Crippen molar-refractivity contribution in [3.63, 3.8) is 0 Å². The van der Waals surface area contributed by atoms with Gasteiger partial charge in [0, 0.05) is 10.6 Å². The van der Waals surface area contributed by atoms with Gasteiger partial charge in [0.15, 0.2) is 15.6 Å². The van der Waals surface area contributed by atoms with E-state index in [9.17, 15) is 13.2 Å². The average molecular weight is 309 g/mol. The molecule has 1 atom stereocenters. The first-order valence-corrected chi connectivity index (χ1v) is 7.76. The van der Waals surface area contributed by atoms with E-state index in [-0.39, 0.29) is 10.6 Å². The summed E-state index contributed by atoms with van der Waals surface area (Å²) in [4.78, 5) is 12.1. The molecule has 0 radical (unpaired) electrons. The van der Waals surface area contributed by atoms with Gasteiger partial charge in [0.05, 0.1) is 10.3 Å². The number of hydrogen-bond acceptors (Lipinski definition) is 3. The Bertz CT molecular complexity index is 565. The maximum atomic E-state index is 12.1. The number of rotatable bonds is 4. The van der Waals surface area contributed by atoms with Crippen LogP contribution in [-0.2, 0) is 9.84 Å². The van der Waals surface area contributed by atoms with Crippen LogP contribution in [0.4, 0.5) is 0 Å². The first-order chi connectivity index (χ1) is 8.17. The van der Waals surface area contributed by atoms with Crippen molar-refractivity contribution in [2.45, 2.75) is 31.3 Å². The molecule has 6 heteroatoms. The molecule has 1 rings (SSSR count). The first kappa shape index (κ1) is 15.5. The molecule has 0 aliphatic heterocycles. The van der Waals surface area contributed by atoms with E-state index in [2.05, 4.69) is 0 Å². The van der Waals surface area contributed by atoms with E-state index >= 15 is 0 Å². The van der Waals surface area contributed by atoms with Gasteiger partial charge in [0.25, 0.3) is 0 Å². The molecule has 0 amide bonds. The SMILES string of the molecule is CC(C)S(=O)(=O)C(C)C(=O)c1ccc(Cl)cc1Cl. The van der Waals surface area contributed by atoms with Crippen molar-refractivity contribution in [2.24, 2.45) is 0 Å². The summed E-state index contributed by atoms with van der Waals surface area (Å²) in [5.41, 5.74) is 0.179. The smallest absolute Gasteiger partial charge is 0.182 e. The third kappa shape index (κ3) is 3.05. The Labute approximate surface area is 117 Å². The Morgan fingerprint density at radius 2 is 1.72 bits per heavy atom. The molecule has 1 aromatic rings. The van der Waals surface area contributed by atoms with E-state index in [4.69, 9.17) is 23.2 Å². The maximum absolute atomic E-state index is 12.1. The fourth-order valence-corrected chi connectivity index (χ4v) is 3.21. The van der Waals surface area contributed by atoms with E-state index in [0.29, 0.717) is 5.02 Å². The van der Waals surface area contributed by atoms with Gasteiger partial charge < -0.3 is 0 Å². The predicted molar refractivity (Wildman–Crippen MR) is 74.3 cm³/mol. The number of carbonyl (C=O) groups excluding carboxylic acids is 1. The molecule has 3 nitrogen and oxygen atoms in total. The van der Waals surface area contributed by atoms with Gasteiger partial charge in [-0.15, -0.1) is 0 Å². The molecular formula is C12H14Cl2O3S. The van der Waals surface area contributed by atoms with Crippen LogP contribution in [0.3, 0.4) is 0 Å². The van der Waals surface area contributed by atoms with Crippen LogP contribution in [0, 0.1) is 0 Å². The summed E-state index contributed by atoms with van der Waals surface area (Å²) in [6.45, 7) is 4.47. The molecule has 0 saturated heterocycles. The Balaban J connectivity index is 3.16. The molecular weight excluding hydrogens is 295 g/mol. The molecule has 0 bridgehead atoms. The molecule has 0 aromatic heterocycles. The number of ketones is 1. The van der Waals surface area contributed by atoms with Crippen LogP contribution >= 0.6 is 23.2 Å². The minimum absolute atomic E-state index is 0.165. The van der Waals surface area contributed by atoms with Gasteiger partial charge in [-0.2, -0.15) is 0 Å². The molecule has 0 aliphatic rings. The second-order valence-electron chi connectivity index (χ2n) is 4.27. The van der Waals surface area contributed by atoms with E-state index < -0.39 is 26.1 Å². The van der Waals surface area contributed by atoms with Crippen molar-refractivity contribution < 1.29 is 13.2 Å². The van der Waals surface area contributed by atoms with Gasteiger partial charge in [-0.1, -0.05) is 23.2 Å². The number of carbonyl (C=O) groups is 1. The lowest BCUT2D eigenvalue weighted by molar-refractivity contribution is 0.0991. The molecule has 0 heterocycles. The summed E-state index contributed by atoms with van der Waals surface area (Å²) in [5.74, 6) is -0.509. The second-order valence-corrected chi connectivity index (χ2v) is 7.94. The number of halogens is 2. The third-order valence-electron chi connectivity index (χ3n) is 2.72. The Morgan fingerprint density at radius 1 is 1.17 bits per heavy atom. The normalized spacial score (nSPS) is 13.7. The number of hydrogen-bond donors (Lipinski definition) is 0. The lowest BCUT2D eigenvalue weighted by atomic mass is 10.1. The standard InChI is InChI=1S/C12H14Cl2O3S/c1-7(2)18(16,17)8(3)12(15)10-5-4-9(13)6-11(10)14/h4-8H,1-3H3. The summed E-state index contributed by atoms with van der Waals surface area (Å²) >= 11 is 11.6. The molecule has 18 heavy (non-hydrogen) atoms. The van der Waals surface area contributed by atoms with Gasteiger partial charge in [-0.25, -0.2) is 8.42 Å². The molecule has 0 N–H and O–H groups in total. The number of benzene rings is 1. The molecule has 0 aliphatic carbocycles. The second kappa shape index (κ2) is 5.59. The quantitative estimate of drug-likeness (QED) is 0.801. The minimum Gasteiger partial charge on any atom is -0.293 e. The van der Waals surface area contributed by atoms with Crippen LogP contribution in [0.2, 0.25) is 10.0 Å². The Hall–Kier alpha value is -0.580. The van der Waals surface area contributed by atoms with E-state index in [1.807, 2.05) is 0 Å². The summed E-state index contributed by atoms with van der Waals surface area (Å²) in [5, 5.41) is -1.16. The fraction of sp³-hybridized carbons (Fsp3) is 0.417. The highest BCUT2D eigenvalue weighted by Crippen LogP contribution is 2.24. The topological polar surface area (TPSA) is 51.2 Å². The van der Waals surface area contributed by atoms with Crippen molar-refractivity contribution in [1.29, 1.82) is 0 Å². The van der Waals surface area contributed by atoms with Gasteiger partial charge in [0.2, 0.25) is 0 Å². The van der Waals surface area contributed by atoms with Crippen LogP contribution in [0.25, 0.3) is 0 Å². The highest BCUT2D eigenvalue weighted by molar-refractivity contribution is 7.93. The Kier molecular flexibility index (Phi) is 4.81. The zero-order valence-corrected chi connectivity index (χ0v) is 12.6. The van der Waals surface area contributed by atoms with Crippen molar-refractivity contribution in [3.05, 3.63) is 33.8 Å².